The fourth-order valence-electron chi connectivity index (χ4n) is 4.61. The summed E-state index contributed by atoms with van der Waals surface area (Å²) >= 11 is 1.05. The molecule has 0 aliphatic carbocycles. The molecule has 41 heavy (non-hydrogen) atoms. The molecule has 1 aliphatic heterocycles. The second kappa shape index (κ2) is 11.0. The van der Waals surface area contributed by atoms with Gasteiger partial charge in [0.1, 0.15) is 17.7 Å². The number of carbonyl (C=O) groups excluding carboxylic acids is 1. The van der Waals surface area contributed by atoms with Crippen LogP contribution in [0.3, 0.4) is 0 Å². The van der Waals surface area contributed by atoms with Gasteiger partial charge >= 0.3 is 0 Å². The van der Waals surface area contributed by atoms with Gasteiger partial charge in [-0.1, -0.05) is 29.9 Å². The number of hydrogen-bond acceptors (Lipinski definition) is 8. The van der Waals surface area contributed by atoms with E-state index in [2.05, 4.69) is 10.1 Å². The molecule has 0 N–H and O–H groups in total. The first kappa shape index (κ1) is 26.9. The van der Waals surface area contributed by atoms with Crippen LogP contribution in [0.4, 0.5) is 9.52 Å². The molecule has 2 aromatic heterocycles. The van der Waals surface area contributed by atoms with Crippen LogP contribution in [0.1, 0.15) is 35.2 Å². The van der Waals surface area contributed by atoms with Gasteiger partial charge in [-0.05, 0) is 67.4 Å². The Morgan fingerprint density at radius 2 is 1.80 bits per heavy atom. The summed E-state index contributed by atoms with van der Waals surface area (Å²) in [5.41, 5.74) is 0.803. The van der Waals surface area contributed by atoms with Gasteiger partial charge in [-0.3, -0.25) is 9.59 Å². The molecule has 12 heteroatoms. The number of thiazole rings is 1. The highest BCUT2D eigenvalue weighted by molar-refractivity contribution is 7.89. The number of carbonyl (C=O) groups is 1. The average Bonchev–Trinajstić information content (AvgIpc) is 3.41. The first-order valence-corrected chi connectivity index (χ1v) is 15.1. The van der Waals surface area contributed by atoms with Crippen LogP contribution < -0.4 is 10.4 Å². The predicted molar refractivity (Wildman–Crippen MR) is 156 cm³/mol. The van der Waals surface area contributed by atoms with E-state index in [1.54, 1.807) is 24.3 Å². The first-order chi connectivity index (χ1) is 19.8. The van der Waals surface area contributed by atoms with E-state index in [4.69, 9.17) is 4.42 Å². The van der Waals surface area contributed by atoms with E-state index >= 15 is 0 Å². The molecule has 1 fully saturated rings. The third-order valence-electron chi connectivity index (χ3n) is 6.79. The summed E-state index contributed by atoms with van der Waals surface area (Å²) in [5.74, 6) is -1.07. The minimum atomic E-state index is -3.68. The van der Waals surface area contributed by atoms with Gasteiger partial charge in [-0.25, -0.2) is 17.8 Å². The van der Waals surface area contributed by atoms with E-state index in [1.807, 2.05) is 0 Å². The summed E-state index contributed by atoms with van der Waals surface area (Å²) in [6, 6.07) is 16.4. The quantitative estimate of drug-likeness (QED) is 0.193. The Labute approximate surface area is 238 Å². The normalized spacial score (nSPS) is 14.7. The van der Waals surface area contributed by atoms with E-state index in [0.717, 1.165) is 35.6 Å². The zero-order chi connectivity index (χ0) is 28.6. The number of nitrogens with zero attached hydrogens (tertiary/aromatic N) is 4. The molecular formula is C29H23FN4O5S2. The molecule has 0 bridgehead atoms. The van der Waals surface area contributed by atoms with E-state index in [1.165, 1.54) is 59.2 Å². The van der Waals surface area contributed by atoms with Gasteiger partial charge < -0.3 is 4.42 Å². The molecule has 0 spiro atoms. The Bertz CT molecular complexity index is 1960. The molecule has 0 saturated carbocycles. The smallest absolute Gasteiger partial charge is 0.280 e. The molecule has 0 atom stereocenters. The zero-order valence-corrected chi connectivity index (χ0v) is 23.2. The lowest BCUT2D eigenvalue weighted by atomic mass is 10.2. The minimum absolute atomic E-state index is 0.0928. The maximum atomic E-state index is 13.9. The van der Waals surface area contributed by atoms with Crippen LogP contribution in [0.15, 0.2) is 92.2 Å². The first-order valence-electron chi connectivity index (χ1n) is 12.9. The Morgan fingerprint density at radius 1 is 1.05 bits per heavy atom. The highest BCUT2D eigenvalue weighted by atomic mass is 32.2. The summed E-state index contributed by atoms with van der Waals surface area (Å²) in [6.07, 6.45) is 5.08. The number of piperidine rings is 1. The van der Waals surface area contributed by atoms with Gasteiger partial charge in [-0.15, -0.1) is 0 Å². The Morgan fingerprint density at radius 3 is 2.59 bits per heavy atom. The second-order valence-corrected chi connectivity index (χ2v) is 12.4. The van der Waals surface area contributed by atoms with Crippen LogP contribution in [0, 0.1) is 5.82 Å². The van der Waals surface area contributed by atoms with Crippen LogP contribution in [-0.4, -0.2) is 42.9 Å². The number of para-hydroxylation sites is 1. The van der Waals surface area contributed by atoms with Gasteiger partial charge in [0.25, 0.3) is 5.91 Å². The Balaban J connectivity index is 1.37. The summed E-state index contributed by atoms with van der Waals surface area (Å²) in [5, 5.41) is 5.80. The number of hydrazone groups is 1. The number of hydrogen-bond donors (Lipinski definition) is 0. The molecule has 1 amide bonds. The van der Waals surface area contributed by atoms with E-state index < -0.39 is 21.7 Å². The molecule has 9 nitrogen and oxygen atoms in total. The zero-order valence-electron chi connectivity index (χ0n) is 21.6. The monoisotopic (exact) mass is 590 g/mol. The molecule has 208 valence electrons. The minimum Gasteiger partial charge on any atom is -0.463 e. The summed E-state index contributed by atoms with van der Waals surface area (Å²) < 4.78 is 47.5. The van der Waals surface area contributed by atoms with Crippen molar-refractivity contribution in [1.82, 2.24) is 9.29 Å². The highest BCUT2D eigenvalue weighted by Crippen LogP contribution is 2.31. The Kier molecular flexibility index (Phi) is 7.20. The van der Waals surface area contributed by atoms with Crippen molar-refractivity contribution in [2.45, 2.75) is 24.2 Å². The molecule has 1 aliphatic rings. The van der Waals surface area contributed by atoms with E-state index in [9.17, 15) is 22.4 Å². The lowest BCUT2D eigenvalue weighted by Gasteiger charge is -2.25. The van der Waals surface area contributed by atoms with Gasteiger partial charge in [0.15, 0.2) is 0 Å². The second-order valence-electron chi connectivity index (χ2n) is 9.48. The van der Waals surface area contributed by atoms with Gasteiger partial charge in [0.05, 0.1) is 32.3 Å². The highest BCUT2D eigenvalue weighted by Gasteiger charge is 2.27. The summed E-state index contributed by atoms with van der Waals surface area (Å²) in [4.78, 5) is 31.2. The number of sulfonamides is 1. The maximum absolute atomic E-state index is 13.9. The standard InChI is InChI=1S/C29H23FN4O5S2/c30-21-10-13-24-26(16-21)40-29(32-24)34(31-17-20-18-39-25-7-3-2-6-23(25)27(20)35)28(36)19-8-11-22(12-9-19)41(37,38)33-14-4-1-5-15-33/h2-3,6-13,16-18H,1,4-5,14-15H2/b31-17+. The van der Waals surface area contributed by atoms with Crippen LogP contribution in [-0.2, 0) is 10.0 Å². The lowest BCUT2D eigenvalue weighted by Crippen LogP contribution is -2.35. The van der Waals surface area contributed by atoms with Gasteiger partial charge in [0.2, 0.25) is 20.6 Å². The predicted octanol–water partition coefficient (Wildman–Crippen LogP) is 5.40. The number of halogens is 1. The molecule has 1 saturated heterocycles. The van der Waals surface area contributed by atoms with Gasteiger partial charge in [-0.2, -0.15) is 14.4 Å². The fourth-order valence-corrected chi connectivity index (χ4v) is 7.08. The number of aromatic nitrogens is 1. The van der Waals surface area contributed by atoms with Crippen molar-refractivity contribution >= 4 is 59.8 Å². The molecule has 6 rings (SSSR count). The van der Waals surface area contributed by atoms with Crippen molar-refractivity contribution in [3.8, 4) is 0 Å². The molecular weight excluding hydrogens is 567 g/mol. The number of fused-ring (bicyclic) bond motifs is 2. The fraction of sp³-hybridized carbons (Fsp3) is 0.172. The van der Waals surface area contributed by atoms with Crippen molar-refractivity contribution in [2.75, 3.05) is 18.1 Å². The van der Waals surface area contributed by atoms with Crippen molar-refractivity contribution in [3.05, 3.63) is 100 Å². The van der Waals surface area contributed by atoms with Crippen LogP contribution in [0.5, 0.6) is 0 Å². The molecule has 0 unspecified atom stereocenters. The van der Waals surface area contributed by atoms with Crippen LogP contribution in [0.25, 0.3) is 21.2 Å². The molecule has 3 aromatic carbocycles. The van der Waals surface area contributed by atoms with Crippen molar-refractivity contribution in [3.63, 3.8) is 0 Å². The average molecular weight is 591 g/mol. The number of benzene rings is 3. The largest absolute Gasteiger partial charge is 0.463 e. The molecule has 5 aromatic rings. The number of rotatable bonds is 6. The Hall–Kier alpha value is -4.26. The summed E-state index contributed by atoms with van der Waals surface area (Å²) in [6.45, 7) is 0.930. The van der Waals surface area contributed by atoms with Crippen LogP contribution in [0.2, 0.25) is 0 Å². The van der Waals surface area contributed by atoms with Gasteiger partial charge in [0, 0.05) is 18.7 Å². The lowest BCUT2D eigenvalue weighted by molar-refractivity contribution is 0.0987. The SMILES string of the molecule is O=C(c1ccc(S(=O)(=O)N2CCCCC2)cc1)N(/N=C/c1coc2ccccc2c1=O)c1nc2ccc(F)cc2s1. The third kappa shape index (κ3) is 5.29. The van der Waals surface area contributed by atoms with E-state index in [-0.39, 0.29) is 26.6 Å². The van der Waals surface area contributed by atoms with Crippen molar-refractivity contribution < 1.29 is 22.0 Å². The molecule has 3 heterocycles. The van der Waals surface area contributed by atoms with E-state index in [0.29, 0.717) is 34.3 Å². The van der Waals surface area contributed by atoms with Crippen molar-refractivity contribution in [1.29, 1.82) is 0 Å². The number of amides is 1. The maximum Gasteiger partial charge on any atom is 0.280 e. The molecule has 0 radical (unpaired) electrons. The van der Waals surface area contributed by atoms with Crippen molar-refractivity contribution in [2.24, 2.45) is 5.10 Å². The van der Waals surface area contributed by atoms with Crippen LogP contribution >= 0.6 is 11.3 Å². The summed E-state index contributed by atoms with van der Waals surface area (Å²) in [7, 11) is -3.68. The third-order valence-corrected chi connectivity index (χ3v) is 9.69. The topological polar surface area (TPSA) is 113 Å². The number of anilines is 1.